The van der Waals surface area contributed by atoms with Crippen molar-refractivity contribution in [2.24, 2.45) is 23.1 Å². The van der Waals surface area contributed by atoms with Crippen LogP contribution in [-0.2, 0) is 0 Å². The third-order valence-corrected chi connectivity index (χ3v) is 1.40. The summed E-state index contributed by atoms with van der Waals surface area (Å²) in [6.45, 7) is 2.83. The van der Waals surface area contributed by atoms with Crippen LogP contribution in [0.1, 0.15) is 19.8 Å². The van der Waals surface area contributed by atoms with E-state index in [0.29, 0.717) is 5.92 Å². The summed E-state index contributed by atoms with van der Waals surface area (Å²) in [4.78, 5) is 0. The van der Waals surface area contributed by atoms with Gasteiger partial charge in [0.15, 0.2) is 0 Å². The average Bonchev–Trinajstić information content (AvgIpc) is 1.83. The zero-order chi connectivity index (χ0) is 7.28. The quantitative estimate of drug-likeness (QED) is 0.454. The normalized spacial score (nSPS) is 14.3. The van der Waals surface area contributed by atoms with E-state index in [1.165, 1.54) is 0 Å². The van der Waals surface area contributed by atoms with Gasteiger partial charge >= 0.3 is 0 Å². The Morgan fingerprint density at radius 2 is 1.78 bits per heavy atom. The fourth-order valence-electron chi connectivity index (χ4n) is 0.595. The molecule has 3 heteroatoms. The maximum Gasteiger partial charge on any atom is 0.0520 e. The Morgan fingerprint density at radius 3 is 2.11 bits per heavy atom. The smallest absolute Gasteiger partial charge is 0.0520 e. The van der Waals surface area contributed by atoms with Crippen molar-refractivity contribution in [1.82, 2.24) is 0 Å². The Morgan fingerprint density at radius 1 is 1.22 bits per heavy atom. The zero-order valence-corrected chi connectivity index (χ0v) is 6.01. The van der Waals surface area contributed by atoms with Gasteiger partial charge in [-0.1, -0.05) is 6.92 Å². The molecule has 0 bridgehead atoms. The largest absolute Gasteiger partial charge is 0.330 e. The molecule has 0 aromatic carbocycles. The number of hydrogen-bond donors (Lipinski definition) is 3. The van der Waals surface area contributed by atoms with E-state index < -0.39 is 0 Å². The Bertz CT molecular complexity index is 63.3. The number of rotatable bonds is 4. The lowest BCUT2D eigenvalue weighted by molar-refractivity contribution is 0.481. The van der Waals surface area contributed by atoms with E-state index in [2.05, 4.69) is 6.92 Å². The van der Waals surface area contributed by atoms with Crippen LogP contribution >= 0.6 is 0 Å². The van der Waals surface area contributed by atoms with Crippen LogP contribution in [0.25, 0.3) is 0 Å². The summed E-state index contributed by atoms with van der Waals surface area (Å²) in [6, 6.07) is 0. The molecule has 0 aromatic heterocycles. The molecule has 0 aromatic rings. The fourth-order valence-corrected chi connectivity index (χ4v) is 0.595. The molecule has 0 heterocycles. The lowest BCUT2D eigenvalue weighted by atomic mass is 10.1. The van der Waals surface area contributed by atoms with E-state index in [9.17, 15) is 0 Å². The van der Waals surface area contributed by atoms with Gasteiger partial charge in [0.25, 0.3) is 0 Å². The van der Waals surface area contributed by atoms with Gasteiger partial charge in [0.05, 0.1) is 6.17 Å². The van der Waals surface area contributed by atoms with E-state index in [1.54, 1.807) is 0 Å². The Hall–Kier alpha value is -0.120. The molecule has 0 rings (SSSR count). The van der Waals surface area contributed by atoms with Crippen molar-refractivity contribution in [2.45, 2.75) is 25.9 Å². The summed E-state index contributed by atoms with van der Waals surface area (Å²) in [7, 11) is 0. The second-order valence-corrected chi connectivity index (χ2v) is 2.58. The Kier molecular flexibility index (Phi) is 4.67. The number of nitrogens with two attached hydrogens (primary N) is 3. The van der Waals surface area contributed by atoms with Crippen molar-refractivity contribution in [3.8, 4) is 0 Å². The molecule has 0 saturated heterocycles. The van der Waals surface area contributed by atoms with Gasteiger partial charge in [-0.15, -0.1) is 0 Å². The maximum atomic E-state index is 5.38. The molecule has 0 spiro atoms. The minimum atomic E-state index is -0.168. The minimum absolute atomic E-state index is 0.168. The molecule has 9 heavy (non-hydrogen) atoms. The highest BCUT2D eigenvalue weighted by molar-refractivity contribution is 4.57. The molecule has 0 aliphatic rings. The summed E-state index contributed by atoms with van der Waals surface area (Å²) < 4.78 is 0. The summed E-state index contributed by atoms with van der Waals surface area (Å²) in [6.07, 6.45) is 1.74. The second kappa shape index (κ2) is 4.73. The van der Waals surface area contributed by atoms with Crippen LogP contribution in [0, 0.1) is 5.92 Å². The molecule has 1 atom stereocenters. The van der Waals surface area contributed by atoms with Crippen LogP contribution in [-0.4, -0.2) is 12.7 Å². The second-order valence-electron chi connectivity index (χ2n) is 2.58. The molecule has 56 valence electrons. The first-order valence-electron chi connectivity index (χ1n) is 3.38. The average molecular weight is 131 g/mol. The van der Waals surface area contributed by atoms with Crippen molar-refractivity contribution < 1.29 is 0 Å². The third kappa shape index (κ3) is 5.76. The zero-order valence-electron chi connectivity index (χ0n) is 6.01. The number of hydrogen-bond acceptors (Lipinski definition) is 3. The molecule has 3 nitrogen and oxygen atoms in total. The van der Waals surface area contributed by atoms with Gasteiger partial charge in [-0.3, -0.25) is 0 Å². The predicted octanol–water partition coefficient (Wildman–Crippen LogP) is -0.395. The standard InChI is InChI=1S/C6H17N3/c1-5(4-7)2-3-6(8)9/h5-6H,2-4,7-9H2,1H3. The molecule has 0 fully saturated rings. The lowest BCUT2D eigenvalue weighted by Crippen LogP contribution is -2.31. The van der Waals surface area contributed by atoms with Crippen molar-refractivity contribution in [2.75, 3.05) is 6.54 Å². The van der Waals surface area contributed by atoms with E-state index in [-0.39, 0.29) is 6.17 Å². The fraction of sp³-hybridized carbons (Fsp3) is 1.00. The van der Waals surface area contributed by atoms with E-state index in [4.69, 9.17) is 17.2 Å². The SMILES string of the molecule is CC(CN)CCC(N)N. The molecule has 0 aliphatic carbocycles. The molecule has 0 aliphatic heterocycles. The summed E-state index contributed by atoms with van der Waals surface area (Å²) in [5.41, 5.74) is 16.0. The van der Waals surface area contributed by atoms with Gasteiger partial charge in [0.1, 0.15) is 0 Å². The monoisotopic (exact) mass is 131 g/mol. The summed E-state index contributed by atoms with van der Waals surface area (Å²) in [5.74, 6) is 0.555. The summed E-state index contributed by atoms with van der Waals surface area (Å²) >= 11 is 0. The molecule has 0 radical (unpaired) electrons. The lowest BCUT2D eigenvalue weighted by Gasteiger charge is -2.09. The van der Waals surface area contributed by atoms with E-state index in [1.807, 2.05) is 0 Å². The van der Waals surface area contributed by atoms with Gasteiger partial charge in [0, 0.05) is 0 Å². The molecular weight excluding hydrogens is 114 g/mol. The van der Waals surface area contributed by atoms with Gasteiger partial charge in [-0.25, -0.2) is 0 Å². The third-order valence-electron chi connectivity index (χ3n) is 1.40. The first kappa shape index (κ1) is 8.88. The molecule has 0 saturated carbocycles. The first-order valence-corrected chi connectivity index (χ1v) is 3.38. The van der Waals surface area contributed by atoms with E-state index >= 15 is 0 Å². The van der Waals surface area contributed by atoms with Gasteiger partial charge in [0.2, 0.25) is 0 Å². The van der Waals surface area contributed by atoms with Crippen LogP contribution in [0.15, 0.2) is 0 Å². The van der Waals surface area contributed by atoms with E-state index in [0.717, 1.165) is 19.4 Å². The van der Waals surface area contributed by atoms with Crippen molar-refractivity contribution in [3.63, 3.8) is 0 Å². The van der Waals surface area contributed by atoms with Crippen molar-refractivity contribution in [3.05, 3.63) is 0 Å². The van der Waals surface area contributed by atoms with Gasteiger partial charge in [-0.05, 0) is 25.3 Å². The Labute approximate surface area is 56.6 Å². The molecule has 1 unspecified atom stereocenters. The summed E-state index contributed by atoms with van der Waals surface area (Å²) in [5, 5.41) is 0. The van der Waals surface area contributed by atoms with Crippen molar-refractivity contribution in [1.29, 1.82) is 0 Å². The van der Waals surface area contributed by atoms with Crippen LogP contribution in [0.4, 0.5) is 0 Å². The van der Waals surface area contributed by atoms with Crippen LogP contribution < -0.4 is 17.2 Å². The van der Waals surface area contributed by atoms with Gasteiger partial charge < -0.3 is 17.2 Å². The topological polar surface area (TPSA) is 78.1 Å². The van der Waals surface area contributed by atoms with Crippen LogP contribution in [0.5, 0.6) is 0 Å². The highest BCUT2D eigenvalue weighted by atomic mass is 14.8. The van der Waals surface area contributed by atoms with Crippen LogP contribution in [0.3, 0.4) is 0 Å². The van der Waals surface area contributed by atoms with Gasteiger partial charge in [-0.2, -0.15) is 0 Å². The minimum Gasteiger partial charge on any atom is -0.330 e. The highest BCUT2D eigenvalue weighted by Crippen LogP contribution is 2.02. The van der Waals surface area contributed by atoms with Crippen LogP contribution in [0.2, 0.25) is 0 Å². The predicted molar refractivity (Wildman–Crippen MR) is 39.6 cm³/mol. The first-order chi connectivity index (χ1) is 4.16. The molecule has 6 N–H and O–H groups in total. The molecule has 0 amide bonds. The molecular formula is C6H17N3. The van der Waals surface area contributed by atoms with Crippen molar-refractivity contribution >= 4 is 0 Å². The maximum absolute atomic E-state index is 5.38. The Balaban J connectivity index is 3.06. The highest BCUT2D eigenvalue weighted by Gasteiger charge is 2.00.